The van der Waals surface area contributed by atoms with Crippen molar-refractivity contribution >= 4 is 5.91 Å². The van der Waals surface area contributed by atoms with Crippen molar-refractivity contribution in [2.24, 2.45) is 0 Å². The number of hydrogen-bond acceptors (Lipinski definition) is 1. The van der Waals surface area contributed by atoms with Crippen LogP contribution in [0.25, 0.3) is 0 Å². The molecular weight excluding hydrogens is 276 g/mol. The van der Waals surface area contributed by atoms with Gasteiger partial charge < -0.3 is 0 Å². The van der Waals surface area contributed by atoms with Crippen LogP contribution < -0.4 is 5.32 Å². The largest absolute Gasteiger partial charge is 0.427 e. The van der Waals surface area contributed by atoms with Gasteiger partial charge in [0, 0.05) is 0 Å². The summed E-state index contributed by atoms with van der Waals surface area (Å²) in [6.07, 6.45) is -10.8. The molecule has 106 valence electrons. The first kappa shape index (κ1) is 15.3. The second-order valence-corrected chi connectivity index (χ2v) is 3.74. The zero-order chi connectivity index (χ0) is 14.7. The van der Waals surface area contributed by atoms with E-state index in [9.17, 15) is 31.1 Å². The van der Waals surface area contributed by atoms with Gasteiger partial charge in [0.1, 0.15) is 0 Å². The van der Waals surface area contributed by atoms with E-state index in [4.69, 9.17) is 0 Å². The van der Waals surface area contributed by atoms with Gasteiger partial charge in [0.05, 0.1) is 6.42 Å². The average molecular weight is 285 g/mol. The summed E-state index contributed by atoms with van der Waals surface area (Å²) in [4.78, 5) is 11.1. The van der Waals surface area contributed by atoms with Crippen LogP contribution >= 0.6 is 0 Å². The molecule has 8 heteroatoms. The zero-order valence-electron chi connectivity index (χ0n) is 9.35. The first-order valence-electron chi connectivity index (χ1n) is 5.06. The summed E-state index contributed by atoms with van der Waals surface area (Å²) < 4.78 is 73.6. The van der Waals surface area contributed by atoms with Crippen molar-refractivity contribution in [2.75, 3.05) is 0 Å². The number of carbonyl (C=O) groups excluding carboxylic acids is 1. The van der Waals surface area contributed by atoms with Crippen LogP contribution in [-0.4, -0.2) is 24.3 Å². The maximum atomic E-state index is 12.8. The van der Waals surface area contributed by atoms with Crippen molar-refractivity contribution in [3.63, 3.8) is 0 Å². The standard InChI is InChI=1S/C11H9F6NO/c12-9(10(13,14)15)11(16,17)18-8(19)6-7-4-2-1-3-5-7/h1-5,9H,6H2,(H,18,19). The lowest BCUT2D eigenvalue weighted by Gasteiger charge is -2.23. The predicted octanol–water partition coefficient (Wildman–Crippen LogP) is 2.84. The molecule has 1 N–H and O–H groups in total. The van der Waals surface area contributed by atoms with Gasteiger partial charge in [-0.25, -0.2) is 4.39 Å². The quantitative estimate of drug-likeness (QED) is 0.669. The number of alkyl halides is 6. The molecule has 0 aliphatic carbocycles. The van der Waals surface area contributed by atoms with E-state index in [1.807, 2.05) is 0 Å². The molecule has 1 unspecified atom stereocenters. The van der Waals surface area contributed by atoms with E-state index in [1.54, 1.807) is 6.07 Å². The molecule has 1 aromatic rings. The predicted molar refractivity (Wildman–Crippen MR) is 54.2 cm³/mol. The van der Waals surface area contributed by atoms with E-state index in [-0.39, 0.29) is 0 Å². The number of halogens is 6. The van der Waals surface area contributed by atoms with Gasteiger partial charge in [-0.3, -0.25) is 10.1 Å². The Kier molecular flexibility index (Phi) is 4.43. The Morgan fingerprint density at radius 3 is 2.11 bits per heavy atom. The molecule has 0 fully saturated rings. The number of rotatable bonds is 4. The fourth-order valence-corrected chi connectivity index (χ4v) is 1.28. The van der Waals surface area contributed by atoms with Crippen LogP contribution in [-0.2, 0) is 11.2 Å². The fourth-order valence-electron chi connectivity index (χ4n) is 1.28. The summed E-state index contributed by atoms with van der Waals surface area (Å²) in [5.41, 5.74) is 0.318. The van der Waals surface area contributed by atoms with Crippen molar-refractivity contribution in [3.05, 3.63) is 35.9 Å². The smallest absolute Gasteiger partial charge is 0.294 e. The Hall–Kier alpha value is -1.73. The summed E-state index contributed by atoms with van der Waals surface area (Å²) in [6.45, 7) is 0. The maximum absolute atomic E-state index is 12.8. The van der Waals surface area contributed by atoms with E-state index in [0.717, 1.165) is 5.32 Å². The van der Waals surface area contributed by atoms with Crippen molar-refractivity contribution < 1.29 is 31.1 Å². The summed E-state index contributed by atoms with van der Waals surface area (Å²) in [5, 5.41) is 0.744. The monoisotopic (exact) mass is 285 g/mol. The van der Waals surface area contributed by atoms with Crippen molar-refractivity contribution in [2.45, 2.75) is 24.8 Å². The lowest BCUT2D eigenvalue weighted by Crippen LogP contribution is -2.54. The van der Waals surface area contributed by atoms with Crippen LogP contribution in [0.4, 0.5) is 26.3 Å². The van der Waals surface area contributed by atoms with E-state index in [2.05, 4.69) is 0 Å². The number of carbonyl (C=O) groups is 1. The highest BCUT2D eigenvalue weighted by Gasteiger charge is 2.57. The molecule has 1 atom stereocenters. The third kappa shape index (κ3) is 4.46. The first-order valence-corrected chi connectivity index (χ1v) is 5.06. The van der Waals surface area contributed by atoms with Gasteiger partial charge in [0.25, 0.3) is 6.17 Å². The van der Waals surface area contributed by atoms with Crippen LogP contribution in [0.3, 0.4) is 0 Å². The molecule has 0 saturated carbocycles. The highest BCUT2D eigenvalue weighted by molar-refractivity contribution is 5.79. The number of hydrogen-bond donors (Lipinski definition) is 1. The molecular formula is C11H9F6NO. The number of benzene rings is 1. The van der Waals surface area contributed by atoms with E-state index in [1.165, 1.54) is 24.3 Å². The molecule has 2 nitrogen and oxygen atoms in total. The SMILES string of the molecule is O=C(Cc1ccccc1)NC(F)(F)C(F)C(F)(F)F. The molecule has 0 radical (unpaired) electrons. The first-order chi connectivity index (χ1) is 8.63. The van der Waals surface area contributed by atoms with Crippen LogP contribution in [0.2, 0.25) is 0 Å². The summed E-state index contributed by atoms with van der Waals surface area (Å²) in [6, 6.07) is 2.51. The Morgan fingerprint density at radius 1 is 1.11 bits per heavy atom. The number of amides is 1. The van der Waals surface area contributed by atoms with E-state index in [0.29, 0.717) is 5.56 Å². The molecule has 19 heavy (non-hydrogen) atoms. The van der Waals surface area contributed by atoms with Crippen molar-refractivity contribution in [3.8, 4) is 0 Å². The van der Waals surface area contributed by atoms with Gasteiger partial charge in [-0.15, -0.1) is 0 Å². The Labute approximate surface area is 104 Å². The molecule has 1 rings (SSSR count). The minimum atomic E-state index is -5.75. The second-order valence-electron chi connectivity index (χ2n) is 3.74. The summed E-state index contributed by atoms with van der Waals surface area (Å²) >= 11 is 0. The highest BCUT2D eigenvalue weighted by Crippen LogP contribution is 2.33. The van der Waals surface area contributed by atoms with Gasteiger partial charge in [-0.05, 0) is 5.56 Å². The van der Waals surface area contributed by atoms with Crippen molar-refractivity contribution in [1.82, 2.24) is 5.32 Å². The molecule has 0 heterocycles. The summed E-state index contributed by atoms with van der Waals surface area (Å²) in [5.74, 6) is -1.40. The Morgan fingerprint density at radius 2 is 1.63 bits per heavy atom. The van der Waals surface area contributed by atoms with Gasteiger partial charge in [-0.2, -0.15) is 22.0 Å². The van der Waals surface area contributed by atoms with Gasteiger partial charge in [-0.1, -0.05) is 30.3 Å². The minimum absolute atomic E-state index is 0.318. The molecule has 0 aliphatic rings. The van der Waals surface area contributed by atoms with Crippen LogP contribution in [0, 0.1) is 0 Å². The molecule has 0 spiro atoms. The second kappa shape index (κ2) is 5.50. The zero-order valence-corrected chi connectivity index (χ0v) is 9.35. The highest BCUT2D eigenvalue weighted by atomic mass is 19.4. The van der Waals surface area contributed by atoms with Crippen molar-refractivity contribution in [1.29, 1.82) is 0 Å². The normalized spacial score (nSPS) is 14.0. The van der Waals surface area contributed by atoms with Crippen LogP contribution in [0.5, 0.6) is 0 Å². The van der Waals surface area contributed by atoms with Crippen LogP contribution in [0.15, 0.2) is 30.3 Å². The Balaban J connectivity index is 2.66. The van der Waals surface area contributed by atoms with Crippen LogP contribution in [0.1, 0.15) is 5.56 Å². The molecule has 0 bridgehead atoms. The lowest BCUT2D eigenvalue weighted by atomic mass is 10.1. The minimum Gasteiger partial charge on any atom is -0.294 e. The van der Waals surface area contributed by atoms with E-state index < -0.39 is 30.7 Å². The maximum Gasteiger partial charge on any atom is 0.427 e. The lowest BCUT2D eigenvalue weighted by molar-refractivity contribution is -0.251. The summed E-state index contributed by atoms with van der Waals surface area (Å²) in [7, 11) is 0. The third-order valence-corrected chi connectivity index (χ3v) is 2.12. The molecule has 0 aliphatic heterocycles. The van der Waals surface area contributed by atoms with E-state index >= 15 is 0 Å². The fraction of sp³-hybridized carbons (Fsp3) is 0.364. The number of nitrogens with one attached hydrogen (secondary N) is 1. The molecule has 1 amide bonds. The Bertz CT molecular complexity index is 431. The molecule has 0 aromatic heterocycles. The van der Waals surface area contributed by atoms with Gasteiger partial charge >= 0.3 is 12.2 Å². The van der Waals surface area contributed by atoms with Gasteiger partial charge in [0.15, 0.2) is 0 Å². The molecule has 0 saturated heterocycles. The topological polar surface area (TPSA) is 29.1 Å². The molecule has 1 aromatic carbocycles. The average Bonchev–Trinajstić information content (AvgIpc) is 2.27. The van der Waals surface area contributed by atoms with Gasteiger partial charge in [0.2, 0.25) is 5.91 Å². The third-order valence-electron chi connectivity index (χ3n) is 2.12.